The van der Waals surface area contributed by atoms with Gasteiger partial charge in [0.05, 0.1) is 77.7 Å². The SMILES string of the molecule is CC(=O)C=C(C)O.CC(=O)C=C(C)O.CC(=O)C=C(C)O.CC(=O)C=C(C)O.CC(=O)C=C(C)O.COc1cc2ccc(C)cc2nc1-c1[c-]c(C)cc(C)c1.COc1cc2ccc(C)cc2nc1-c1[c-]cc(C)cc1C.COc1cc2ccc(C)cc2nc1-c1[c-]ccc(C)c1.Cc1ccc2nc(-c3[c-]c(C)c(C)c(C)c3)c(C)cc2c1.Cc1ccc2nc(-c3[c-]c(C)c(C)cc3C)c(C)cc2c1.[Ir].[Ir].[Ir].[Ir].[Ir]. The number of hydrogen-bond acceptors (Lipinski definition) is 18. The molecule has 0 fully saturated rings. The fraction of sp³-hybridized carbons (Fsp3) is 0.256. The van der Waals surface area contributed by atoms with Crippen LogP contribution in [0.15, 0.2) is 235 Å². The van der Waals surface area contributed by atoms with Gasteiger partial charge in [0.1, 0.15) is 17.2 Å². The average molecular weight is 2830 g/mol. The molecule has 0 amide bonds. The molecular formula is C121H132Ir5N5O13-5. The van der Waals surface area contributed by atoms with Gasteiger partial charge in [0.25, 0.3) is 0 Å². The topological polar surface area (TPSA) is 279 Å². The first kappa shape index (κ1) is 130. The zero-order chi connectivity index (χ0) is 104. The van der Waals surface area contributed by atoms with Gasteiger partial charge in [0, 0.05) is 164 Å². The van der Waals surface area contributed by atoms with E-state index in [1.165, 1.54) is 199 Å². The second-order valence-corrected chi connectivity index (χ2v) is 34.9. The number of aryl methyl sites for hydroxylation is 17. The maximum Gasteiger partial charge on any atom is 0.155 e. The summed E-state index contributed by atoms with van der Waals surface area (Å²) in [4.78, 5) is 74.2. The number of aliphatic hydroxyl groups is 5. The molecule has 0 aliphatic carbocycles. The van der Waals surface area contributed by atoms with E-state index in [9.17, 15) is 24.0 Å². The summed E-state index contributed by atoms with van der Waals surface area (Å²) in [5, 5.41) is 47.5. The Morgan fingerprint density at radius 1 is 0.264 bits per heavy atom. The molecule has 0 aliphatic heterocycles. The van der Waals surface area contributed by atoms with Crippen molar-refractivity contribution < 1.29 is 164 Å². The van der Waals surface area contributed by atoms with Crippen LogP contribution >= 0.6 is 0 Å². The Hall–Kier alpha value is -12.1. The largest absolute Gasteiger partial charge is 0.512 e. The Labute approximate surface area is 918 Å². The fourth-order valence-corrected chi connectivity index (χ4v) is 14.6. The van der Waals surface area contributed by atoms with Crippen LogP contribution in [-0.4, -0.2) is 101 Å². The van der Waals surface area contributed by atoms with Crippen LogP contribution in [0, 0.1) is 155 Å². The van der Waals surface area contributed by atoms with Gasteiger partial charge in [-0.3, -0.25) is 48.9 Å². The summed E-state index contributed by atoms with van der Waals surface area (Å²) >= 11 is 0. The number of allylic oxidation sites excluding steroid dienone is 10. The third-order valence-electron chi connectivity index (χ3n) is 21.1. The molecule has 5 heterocycles. The van der Waals surface area contributed by atoms with Gasteiger partial charge in [-0.05, 0) is 217 Å². The van der Waals surface area contributed by atoms with Gasteiger partial charge >= 0.3 is 0 Å². The van der Waals surface area contributed by atoms with Crippen molar-refractivity contribution in [2.45, 2.75) is 194 Å². The summed E-state index contributed by atoms with van der Waals surface area (Å²) in [6.45, 7) is 52.1. The van der Waals surface area contributed by atoms with Crippen molar-refractivity contribution in [3.8, 4) is 73.5 Å². The Bertz CT molecular complexity index is 6950. The Morgan fingerprint density at radius 3 is 0.972 bits per heavy atom. The number of nitrogens with zero attached hydrogens (tertiary/aromatic N) is 5. The van der Waals surface area contributed by atoms with E-state index in [4.69, 9.17) is 64.7 Å². The molecule has 5 aromatic heterocycles. The molecule has 0 unspecified atom stereocenters. The first-order chi connectivity index (χ1) is 65.3. The smallest absolute Gasteiger partial charge is 0.155 e. The molecule has 15 rings (SSSR count). The number of hydrogen-bond donors (Lipinski definition) is 5. The molecule has 18 nitrogen and oxygen atoms in total. The number of ketones is 5. The van der Waals surface area contributed by atoms with E-state index in [0.717, 1.165) is 128 Å². The van der Waals surface area contributed by atoms with E-state index in [0.29, 0.717) is 0 Å². The monoisotopic (exact) mass is 2830 g/mol. The molecule has 5 radical (unpaired) electrons. The molecule has 0 aliphatic rings. The van der Waals surface area contributed by atoms with Gasteiger partial charge < -0.3 is 39.7 Å². The quantitative estimate of drug-likeness (QED) is 0.0407. The molecule has 0 spiro atoms. The van der Waals surface area contributed by atoms with Crippen molar-refractivity contribution in [2.75, 3.05) is 21.3 Å². The zero-order valence-electron chi connectivity index (χ0n) is 88.0. The normalized spacial score (nSPS) is 10.7. The van der Waals surface area contributed by atoms with Gasteiger partial charge in [0.15, 0.2) is 28.9 Å². The van der Waals surface area contributed by atoms with Gasteiger partial charge in [0.2, 0.25) is 0 Å². The molecule has 23 heteroatoms. The molecule has 0 atom stereocenters. The summed E-state index contributed by atoms with van der Waals surface area (Å²) in [6.07, 6.45) is 5.83. The number of aromatic nitrogens is 5. The molecule has 144 heavy (non-hydrogen) atoms. The average Bonchev–Trinajstić information content (AvgIpc) is 0.804. The minimum Gasteiger partial charge on any atom is -0.512 e. The molecule has 0 bridgehead atoms. The summed E-state index contributed by atoms with van der Waals surface area (Å²) in [5.41, 5.74) is 36.8. The number of benzene rings is 10. The zero-order valence-corrected chi connectivity index (χ0v) is 100. The Kier molecular flexibility index (Phi) is 56.5. The van der Waals surface area contributed by atoms with E-state index < -0.39 is 0 Å². The van der Waals surface area contributed by atoms with Crippen molar-refractivity contribution in [3.63, 3.8) is 0 Å². The van der Waals surface area contributed by atoms with Crippen molar-refractivity contribution in [3.05, 3.63) is 366 Å². The Balaban J connectivity index is 0.000000824. The maximum absolute atomic E-state index is 10.0. The van der Waals surface area contributed by atoms with Crippen molar-refractivity contribution in [1.29, 1.82) is 0 Å². The molecule has 5 N–H and O–H groups in total. The number of rotatable bonds is 13. The van der Waals surface area contributed by atoms with Crippen LogP contribution in [0.3, 0.4) is 0 Å². The predicted octanol–water partition coefficient (Wildman–Crippen LogP) is 29.3. The minimum atomic E-state index is -0.125. The van der Waals surface area contributed by atoms with Crippen molar-refractivity contribution in [1.82, 2.24) is 24.9 Å². The minimum absolute atomic E-state index is 0. The number of pyridine rings is 5. The van der Waals surface area contributed by atoms with Crippen LogP contribution in [0.2, 0.25) is 0 Å². The summed E-state index contributed by atoms with van der Waals surface area (Å²) in [5.74, 6) is 2.04. The van der Waals surface area contributed by atoms with Crippen LogP contribution < -0.4 is 14.2 Å². The van der Waals surface area contributed by atoms with Gasteiger partial charge in [-0.1, -0.05) is 159 Å². The summed E-state index contributed by atoms with van der Waals surface area (Å²) < 4.78 is 16.6. The summed E-state index contributed by atoms with van der Waals surface area (Å²) in [7, 11) is 5.05. The van der Waals surface area contributed by atoms with Gasteiger partial charge in [-0.25, -0.2) is 0 Å². The van der Waals surface area contributed by atoms with Crippen LogP contribution in [0.5, 0.6) is 17.2 Å². The first-order valence-corrected chi connectivity index (χ1v) is 45.4. The fourth-order valence-electron chi connectivity index (χ4n) is 14.6. The van der Waals surface area contributed by atoms with E-state index in [-0.39, 0.29) is 158 Å². The van der Waals surface area contributed by atoms with Crippen molar-refractivity contribution >= 4 is 83.4 Å². The number of aliphatic hydroxyl groups excluding tert-OH is 5. The number of carbonyl (C=O) groups excluding carboxylic acids is 5. The van der Waals surface area contributed by atoms with E-state index in [1.807, 2.05) is 43.3 Å². The molecule has 0 saturated carbocycles. The van der Waals surface area contributed by atoms with Crippen LogP contribution in [0.25, 0.3) is 111 Å². The summed E-state index contributed by atoms with van der Waals surface area (Å²) in [6, 6.07) is 77.9. The number of ether oxygens (including phenoxy) is 3. The molecule has 769 valence electrons. The molecular weight excluding hydrogens is 2690 g/mol. The standard InChI is InChI=1S/2C20H20N.2C19H18NO.C18H16NO.5C5H8O2.5Ir/c1-12-6-7-19-17(8-12)10-16(5)20(21-19)18-11-14(3)13(2)9-15(18)4;1-12-6-7-19-17(8-12)11-15(4)20(21-19)18-9-13(2)16(5)14(3)10-18;1-12-6-8-16(14(3)9-12)19-18(21-4)11-15-7-5-13(2)10-17(15)20-19;1-12-5-6-15-11-18(21-4)19(20-17(15)10-12)16-8-13(2)7-14(3)9-16;1-12-5-4-6-15(9-12)18-17(20-3)11-14-8-7-13(2)10-16(14)19-18;5*1-4(6)3-5(2)7;;;;;/h6-10H,1-5H3;6-9,11H,1-5H3;5-7,9-11H,1-4H3;5-8,10-11H,1-4H3;4-5,7-11H,1-3H3;5*3,6H,1-2H3;;;;;/q5*-1;;;;;;;;;;. The third kappa shape index (κ3) is 42.3. The second-order valence-electron chi connectivity index (χ2n) is 34.9. The van der Waals surface area contributed by atoms with Crippen LogP contribution in [0.4, 0.5) is 0 Å². The molecule has 10 aromatic carbocycles. The number of methoxy groups -OCH3 is 3. The third-order valence-corrected chi connectivity index (χ3v) is 21.1. The van der Waals surface area contributed by atoms with Crippen LogP contribution in [-0.2, 0) is 124 Å². The number of carbonyl (C=O) groups is 5. The van der Waals surface area contributed by atoms with Crippen LogP contribution in [0.1, 0.15) is 169 Å². The maximum atomic E-state index is 10.0. The number of fused-ring (bicyclic) bond motifs is 5. The Morgan fingerprint density at radius 2 is 0.604 bits per heavy atom. The molecule has 15 aromatic rings. The van der Waals surface area contributed by atoms with E-state index >= 15 is 0 Å². The van der Waals surface area contributed by atoms with Gasteiger partial charge in [-0.2, -0.15) is 0 Å². The van der Waals surface area contributed by atoms with Gasteiger partial charge in [-0.15, -0.1) is 174 Å². The van der Waals surface area contributed by atoms with E-state index in [1.54, 1.807) is 21.3 Å². The second kappa shape index (κ2) is 62.6. The van der Waals surface area contributed by atoms with E-state index in [2.05, 4.69) is 288 Å². The molecule has 0 saturated heterocycles. The van der Waals surface area contributed by atoms with Crippen molar-refractivity contribution in [2.24, 2.45) is 0 Å². The first-order valence-electron chi connectivity index (χ1n) is 45.4. The predicted molar refractivity (Wildman–Crippen MR) is 570 cm³/mol.